The number of rotatable bonds is 5. The Morgan fingerprint density at radius 1 is 1.26 bits per heavy atom. The van der Waals surface area contributed by atoms with Gasteiger partial charge in [0.2, 0.25) is 10.0 Å². The number of nitrogen functional groups attached to an aromatic ring is 1. The van der Waals surface area contributed by atoms with Crippen molar-refractivity contribution in [2.24, 2.45) is 0 Å². The molecule has 0 saturated carbocycles. The Morgan fingerprint density at radius 3 is 2.52 bits per heavy atom. The number of aryl methyl sites for hydroxylation is 2. The molecular weight excluding hydrogens is 453 g/mol. The molecule has 1 unspecified atom stereocenters. The minimum absolute atomic E-state index is 0.136. The molecule has 0 fully saturated rings. The van der Waals surface area contributed by atoms with Crippen molar-refractivity contribution in [1.82, 2.24) is 9.71 Å². The standard InChI is InChI=1S/C20H18ClF3N4O2S/c1-10-3-11(2)19(16(26)4-10)31(29,30)28-17(20(22,23)24)6-13-9-27-18-12(8-25)5-14(21)7-15(13)18/h3-5,7,9,17,27-28H,6,26H2,1-2H3. The maximum absolute atomic E-state index is 13.8. The quantitative estimate of drug-likeness (QED) is 0.481. The molecule has 1 aromatic heterocycles. The Morgan fingerprint density at radius 2 is 1.94 bits per heavy atom. The summed E-state index contributed by atoms with van der Waals surface area (Å²) in [6.45, 7) is 3.16. The first-order valence-corrected chi connectivity index (χ1v) is 10.8. The van der Waals surface area contributed by atoms with Crippen LogP contribution in [0, 0.1) is 25.2 Å². The van der Waals surface area contributed by atoms with Crippen LogP contribution in [0.1, 0.15) is 22.3 Å². The number of nitrogens with two attached hydrogens (primary N) is 1. The number of alkyl halides is 3. The van der Waals surface area contributed by atoms with Gasteiger partial charge in [0.05, 0.1) is 16.8 Å². The smallest absolute Gasteiger partial charge is 0.398 e. The largest absolute Gasteiger partial charge is 0.405 e. The highest BCUT2D eigenvalue weighted by Crippen LogP contribution is 2.32. The molecule has 4 N–H and O–H groups in total. The first-order valence-electron chi connectivity index (χ1n) is 8.99. The van der Waals surface area contributed by atoms with E-state index in [4.69, 9.17) is 17.3 Å². The van der Waals surface area contributed by atoms with E-state index < -0.39 is 28.7 Å². The molecule has 3 rings (SSSR count). The molecule has 3 aromatic rings. The van der Waals surface area contributed by atoms with Gasteiger partial charge in [0.25, 0.3) is 0 Å². The van der Waals surface area contributed by atoms with Crippen LogP contribution in [0.3, 0.4) is 0 Å². The third-order valence-electron chi connectivity index (χ3n) is 4.79. The lowest BCUT2D eigenvalue weighted by Crippen LogP contribution is -2.47. The lowest BCUT2D eigenvalue weighted by atomic mass is 10.0. The average molecular weight is 471 g/mol. The van der Waals surface area contributed by atoms with Crippen molar-refractivity contribution in [1.29, 1.82) is 5.26 Å². The Hall–Kier alpha value is -2.74. The summed E-state index contributed by atoms with van der Waals surface area (Å²) in [4.78, 5) is 2.38. The van der Waals surface area contributed by atoms with E-state index >= 15 is 0 Å². The van der Waals surface area contributed by atoms with Crippen LogP contribution in [0.15, 0.2) is 35.4 Å². The second-order valence-corrected chi connectivity index (χ2v) is 9.31. The predicted molar refractivity (Wildman–Crippen MR) is 112 cm³/mol. The average Bonchev–Trinajstić information content (AvgIpc) is 3.01. The molecule has 164 valence electrons. The van der Waals surface area contributed by atoms with Crippen LogP contribution in [0.4, 0.5) is 18.9 Å². The van der Waals surface area contributed by atoms with E-state index in [1.54, 1.807) is 11.6 Å². The number of sulfonamides is 1. The van der Waals surface area contributed by atoms with Gasteiger partial charge in [-0.05, 0) is 55.2 Å². The molecule has 1 atom stereocenters. The van der Waals surface area contributed by atoms with Crippen molar-refractivity contribution in [3.63, 3.8) is 0 Å². The summed E-state index contributed by atoms with van der Waals surface area (Å²) in [7, 11) is -4.58. The van der Waals surface area contributed by atoms with Gasteiger partial charge < -0.3 is 10.7 Å². The summed E-state index contributed by atoms with van der Waals surface area (Å²) in [6.07, 6.45) is -4.29. The molecule has 0 aliphatic heterocycles. The van der Waals surface area contributed by atoms with Crippen molar-refractivity contribution in [3.05, 3.63) is 57.7 Å². The third kappa shape index (κ3) is 4.63. The van der Waals surface area contributed by atoms with Crippen LogP contribution < -0.4 is 10.5 Å². The second kappa shape index (κ2) is 8.07. The minimum atomic E-state index is -4.89. The first-order chi connectivity index (χ1) is 14.3. The zero-order valence-corrected chi connectivity index (χ0v) is 18.0. The number of fused-ring (bicyclic) bond motifs is 1. The van der Waals surface area contributed by atoms with Gasteiger partial charge in [0.15, 0.2) is 0 Å². The SMILES string of the molecule is Cc1cc(C)c(S(=O)(=O)NC(Cc2c[nH]c3c(C#N)cc(Cl)cc23)C(F)(F)F)c(N)c1. The summed E-state index contributed by atoms with van der Waals surface area (Å²) in [6, 6.07) is 5.21. The number of H-pyrrole nitrogens is 1. The van der Waals surface area contributed by atoms with Crippen LogP contribution in [0.5, 0.6) is 0 Å². The number of nitrogens with zero attached hydrogens (tertiary/aromatic N) is 1. The van der Waals surface area contributed by atoms with E-state index in [1.165, 1.54) is 37.4 Å². The molecule has 0 aliphatic carbocycles. The molecule has 6 nitrogen and oxygen atoms in total. The normalized spacial score (nSPS) is 13.3. The lowest BCUT2D eigenvalue weighted by molar-refractivity contribution is -0.150. The molecule has 0 radical (unpaired) electrons. The van der Waals surface area contributed by atoms with Crippen LogP contribution in [0.25, 0.3) is 10.9 Å². The topological polar surface area (TPSA) is 112 Å². The number of nitrogens with one attached hydrogen (secondary N) is 2. The summed E-state index contributed by atoms with van der Waals surface area (Å²) < 4.78 is 68.8. The maximum Gasteiger partial charge on any atom is 0.405 e. The van der Waals surface area contributed by atoms with E-state index in [1.807, 2.05) is 6.07 Å². The van der Waals surface area contributed by atoms with E-state index in [9.17, 15) is 26.9 Å². The number of nitriles is 1. The van der Waals surface area contributed by atoms with Gasteiger partial charge in [-0.1, -0.05) is 17.7 Å². The molecule has 0 bridgehead atoms. The molecule has 1 heterocycles. The van der Waals surface area contributed by atoms with Crippen molar-refractivity contribution < 1.29 is 21.6 Å². The predicted octanol–water partition coefficient (Wildman–Crippen LogP) is 4.34. The summed E-state index contributed by atoms with van der Waals surface area (Å²) in [5, 5.41) is 9.71. The Bertz CT molecular complexity index is 1290. The first kappa shape index (κ1) is 22.9. The van der Waals surface area contributed by atoms with E-state index in [0.717, 1.165) is 0 Å². The number of anilines is 1. The molecule has 11 heteroatoms. The Balaban J connectivity index is 2.03. The van der Waals surface area contributed by atoms with Gasteiger partial charge in [0.1, 0.15) is 17.0 Å². The molecular formula is C20H18ClF3N4O2S. The summed E-state index contributed by atoms with van der Waals surface area (Å²) >= 11 is 5.98. The number of aromatic amines is 1. The molecule has 2 aromatic carbocycles. The Kier molecular flexibility index (Phi) is 5.97. The molecule has 0 aliphatic rings. The van der Waals surface area contributed by atoms with Gasteiger partial charge in [-0.15, -0.1) is 0 Å². The van der Waals surface area contributed by atoms with Crippen molar-refractivity contribution in [2.45, 2.75) is 37.4 Å². The highest BCUT2D eigenvalue weighted by atomic mass is 35.5. The number of halogens is 4. The summed E-state index contributed by atoms with van der Waals surface area (Å²) in [5.74, 6) is 0. The highest BCUT2D eigenvalue weighted by molar-refractivity contribution is 7.89. The monoisotopic (exact) mass is 470 g/mol. The van der Waals surface area contributed by atoms with Gasteiger partial charge in [-0.2, -0.15) is 23.2 Å². The highest BCUT2D eigenvalue weighted by Gasteiger charge is 2.43. The van der Waals surface area contributed by atoms with E-state index in [-0.39, 0.29) is 32.3 Å². The number of hydrogen-bond acceptors (Lipinski definition) is 4. The Labute approximate surface area is 181 Å². The number of hydrogen-bond donors (Lipinski definition) is 3. The molecule has 0 amide bonds. The van der Waals surface area contributed by atoms with Gasteiger partial charge in [0, 0.05) is 16.6 Å². The van der Waals surface area contributed by atoms with Crippen molar-refractivity contribution in [3.8, 4) is 6.07 Å². The number of benzene rings is 2. The van der Waals surface area contributed by atoms with Gasteiger partial charge in [-0.3, -0.25) is 0 Å². The molecule has 0 saturated heterocycles. The maximum atomic E-state index is 13.8. The van der Waals surface area contributed by atoms with Crippen LogP contribution in [-0.4, -0.2) is 25.6 Å². The second-order valence-electron chi connectivity index (χ2n) is 7.22. The van der Waals surface area contributed by atoms with Crippen LogP contribution in [0.2, 0.25) is 5.02 Å². The van der Waals surface area contributed by atoms with Gasteiger partial charge in [-0.25, -0.2) is 8.42 Å². The number of aromatic nitrogens is 1. The molecule has 0 spiro atoms. The lowest BCUT2D eigenvalue weighted by Gasteiger charge is -2.22. The van der Waals surface area contributed by atoms with E-state index in [2.05, 4.69) is 4.98 Å². The van der Waals surface area contributed by atoms with Crippen LogP contribution in [-0.2, 0) is 16.4 Å². The third-order valence-corrected chi connectivity index (χ3v) is 6.70. The fourth-order valence-electron chi connectivity index (χ4n) is 3.55. The van der Waals surface area contributed by atoms with E-state index in [0.29, 0.717) is 16.5 Å². The van der Waals surface area contributed by atoms with Crippen molar-refractivity contribution in [2.75, 3.05) is 5.73 Å². The fraction of sp³-hybridized carbons (Fsp3) is 0.250. The van der Waals surface area contributed by atoms with Crippen LogP contribution >= 0.6 is 11.6 Å². The zero-order chi connectivity index (χ0) is 23.1. The van der Waals surface area contributed by atoms with Crippen molar-refractivity contribution >= 4 is 38.2 Å². The zero-order valence-electron chi connectivity index (χ0n) is 16.4. The fourth-order valence-corrected chi connectivity index (χ4v) is 5.33. The summed E-state index contributed by atoms with van der Waals surface area (Å²) in [5.41, 5.74) is 7.24. The van der Waals surface area contributed by atoms with Gasteiger partial charge >= 0.3 is 6.18 Å². The molecule has 31 heavy (non-hydrogen) atoms. The minimum Gasteiger partial charge on any atom is -0.398 e.